The highest BCUT2D eigenvalue weighted by Gasteiger charge is 2.18. The standard InChI is InChI=1S/C62H115NO5/c1-3-5-7-9-11-13-15-17-19-28-32-36-40-44-48-52-56-62(67)68-57-53-49-45-41-37-33-29-26-24-22-20-21-23-25-27-31-35-39-43-47-51-55-61(66)63-59(58-64)60(65)54-50-46-42-38-34-30-18-16-14-12-10-8-6-4-2/h19,28,33,37,45,49-50,54,59-60,64-65H,3-18,20-27,29-32,34-36,38-44,46-48,51-53,55-58H2,1-2H3,(H,63,66)/b28-19-,37-33-,49-45-,54-50+. The monoisotopic (exact) mass is 954 g/mol. The summed E-state index contributed by atoms with van der Waals surface area (Å²) in [4.78, 5) is 24.5. The molecule has 68 heavy (non-hydrogen) atoms. The van der Waals surface area contributed by atoms with Crippen molar-refractivity contribution < 1.29 is 24.5 Å². The molecule has 2 atom stereocenters. The second kappa shape index (κ2) is 57.4. The van der Waals surface area contributed by atoms with Crippen molar-refractivity contribution in [3.8, 4) is 0 Å². The third kappa shape index (κ3) is 53.2. The average molecular weight is 955 g/mol. The Hall–Kier alpha value is -2.18. The number of unbranched alkanes of at least 4 members (excludes halogenated alkanes) is 38. The first-order valence-electron chi connectivity index (χ1n) is 29.9. The molecular weight excluding hydrogens is 839 g/mol. The van der Waals surface area contributed by atoms with Gasteiger partial charge in [-0.2, -0.15) is 0 Å². The molecule has 0 aliphatic heterocycles. The number of rotatable bonds is 55. The highest BCUT2D eigenvalue weighted by atomic mass is 16.5. The van der Waals surface area contributed by atoms with Gasteiger partial charge in [-0.1, -0.05) is 268 Å². The molecule has 0 aromatic carbocycles. The minimum absolute atomic E-state index is 0.0436. The minimum Gasteiger partial charge on any atom is -0.465 e. The molecule has 0 radical (unpaired) electrons. The molecule has 0 aromatic rings. The molecule has 0 aliphatic carbocycles. The van der Waals surface area contributed by atoms with Crippen molar-refractivity contribution in [2.24, 2.45) is 0 Å². The van der Waals surface area contributed by atoms with E-state index in [-0.39, 0.29) is 18.5 Å². The maximum atomic E-state index is 12.4. The fourth-order valence-electron chi connectivity index (χ4n) is 9.00. The zero-order valence-corrected chi connectivity index (χ0v) is 45.3. The quantitative estimate of drug-likeness (QED) is 0.0321. The Morgan fingerprint density at radius 2 is 0.735 bits per heavy atom. The van der Waals surface area contributed by atoms with Crippen LogP contribution in [0.1, 0.15) is 309 Å². The second-order valence-electron chi connectivity index (χ2n) is 20.3. The molecule has 3 N–H and O–H groups in total. The molecule has 0 saturated carbocycles. The lowest BCUT2D eigenvalue weighted by Gasteiger charge is -2.20. The van der Waals surface area contributed by atoms with Crippen LogP contribution in [0.3, 0.4) is 0 Å². The summed E-state index contributed by atoms with van der Waals surface area (Å²) in [7, 11) is 0. The fraction of sp³-hybridized carbons (Fsp3) is 0.839. The molecule has 0 bridgehead atoms. The number of hydrogen-bond acceptors (Lipinski definition) is 5. The topological polar surface area (TPSA) is 95.9 Å². The summed E-state index contributed by atoms with van der Waals surface area (Å²) in [5, 5.41) is 23.1. The van der Waals surface area contributed by atoms with Gasteiger partial charge < -0.3 is 20.3 Å². The number of allylic oxidation sites excluding steroid dienone is 6. The predicted octanol–water partition coefficient (Wildman–Crippen LogP) is 18.6. The Labute approximate surface area is 423 Å². The molecule has 0 saturated heterocycles. The molecule has 0 fully saturated rings. The normalized spacial score (nSPS) is 12.9. The molecule has 0 heterocycles. The van der Waals surface area contributed by atoms with Crippen LogP contribution in [0.4, 0.5) is 0 Å². The smallest absolute Gasteiger partial charge is 0.305 e. The lowest BCUT2D eigenvalue weighted by Crippen LogP contribution is -2.45. The van der Waals surface area contributed by atoms with Crippen LogP contribution in [-0.4, -0.2) is 47.4 Å². The number of ether oxygens (including phenoxy) is 1. The number of carbonyl (C=O) groups is 2. The summed E-state index contributed by atoms with van der Waals surface area (Å²) in [6.45, 7) is 4.79. The van der Waals surface area contributed by atoms with Crippen molar-refractivity contribution in [1.82, 2.24) is 5.32 Å². The van der Waals surface area contributed by atoms with Crippen LogP contribution in [-0.2, 0) is 14.3 Å². The number of nitrogens with one attached hydrogen (secondary N) is 1. The molecule has 2 unspecified atom stereocenters. The molecule has 398 valence electrons. The number of amides is 1. The fourth-order valence-corrected chi connectivity index (χ4v) is 9.00. The second-order valence-corrected chi connectivity index (χ2v) is 20.3. The van der Waals surface area contributed by atoms with Gasteiger partial charge in [-0.3, -0.25) is 9.59 Å². The molecule has 0 rings (SSSR count). The van der Waals surface area contributed by atoms with E-state index in [1.165, 1.54) is 231 Å². The Morgan fingerprint density at radius 1 is 0.412 bits per heavy atom. The van der Waals surface area contributed by atoms with E-state index in [0.29, 0.717) is 19.4 Å². The van der Waals surface area contributed by atoms with Crippen LogP contribution >= 0.6 is 0 Å². The minimum atomic E-state index is -0.848. The van der Waals surface area contributed by atoms with Crippen LogP contribution in [0, 0.1) is 0 Å². The third-order valence-corrected chi connectivity index (χ3v) is 13.6. The van der Waals surface area contributed by atoms with Crippen LogP contribution in [0.2, 0.25) is 0 Å². The summed E-state index contributed by atoms with van der Waals surface area (Å²) < 4.78 is 5.42. The predicted molar refractivity (Wildman–Crippen MR) is 296 cm³/mol. The van der Waals surface area contributed by atoms with Gasteiger partial charge in [0.2, 0.25) is 5.91 Å². The van der Waals surface area contributed by atoms with E-state index in [1.54, 1.807) is 6.08 Å². The van der Waals surface area contributed by atoms with E-state index < -0.39 is 12.1 Å². The summed E-state index contributed by atoms with van der Waals surface area (Å²) in [6, 6.07) is -0.632. The van der Waals surface area contributed by atoms with Crippen molar-refractivity contribution in [3.63, 3.8) is 0 Å². The van der Waals surface area contributed by atoms with Crippen LogP contribution in [0.25, 0.3) is 0 Å². The first-order chi connectivity index (χ1) is 33.5. The van der Waals surface area contributed by atoms with E-state index in [4.69, 9.17) is 4.74 Å². The molecule has 1 amide bonds. The maximum absolute atomic E-state index is 12.4. The van der Waals surface area contributed by atoms with E-state index in [9.17, 15) is 19.8 Å². The SMILES string of the molecule is CCCCCCCCC/C=C\CCCCCCCC(=O)OCC/C=C\C/C=C\CCCCCCCCCCCCCCCCC(=O)NC(CO)C(O)/C=C/CCCCCCCCCCCCCC. The first kappa shape index (κ1) is 65.8. The lowest BCUT2D eigenvalue weighted by atomic mass is 10.0. The summed E-state index contributed by atoms with van der Waals surface area (Å²) in [5.74, 6) is -0.117. The number of aliphatic hydroxyl groups is 2. The largest absolute Gasteiger partial charge is 0.465 e. The van der Waals surface area contributed by atoms with Crippen molar-refractivity contribution in [3.05, 3.63) is 48.6 Å². The van der Waals surface area contributed by atoms with E-state index in [0.717, 1.165) is 51.4 Å². The summed E-state index contributed by atoms with van der Waals surface area (Å²) in [5.41, 5.74) is 0. The molecule has 6 nitrogen and oxygen atoms in total. The Morgan fingerprint density at radius 3 is 1.13 bits per heavy atom. The van der Waals surface area contributed by atoms with Crippen molar-refractivity contribution in [1.29, 1.82) is 0 Å². The molecular formula is C62H115NO5. The van der Waals surface area contributed by atoms with Crippen molar-refractivity contribution >= 4 is 11.9 Å². The zero-order valence-electron chi connectivity index (χ0n) is 45.3. The van der Waals surface area contributed by atoms with Crippen LogP contribution in [0.15, 0.2) is 48.6 Å². The molecule has 0 spiro atoms. The highest BCUT2D eigenvalue weighted by Crippen LogP contribution is 2.16. The number of aliphatic hydroxyl groups excluding tert-OH is 2. The van der Waals surface area contributed by atoms with Gasteiger partial charge in [0.1, 0.15) is 0 Å². The van der Waals surface area contributed by atoms with Gasteiger partial charge in [0.25, 0.3) is 0 Å². The molecule has 0 aliphatic rings. The lowest BCUT2D eigenvalue weighted by molar-refractivity contribution is -0.143. The van der Waals surface area contributed by atoms with E-state index in [1.807, 2.05) is 6.08 Å². The van der Waals surface area contributed by atoms with Gasteiger partial charge >= 0.3 is 5.97 Å². The van der Waals surface area contributed by atoms with Crippen LogP contribution < -0.4 is 5.32 Å². The summed E-state index contributed by atoms with van der Waals surface area (Å²) >= 11 is 0. The van der Waals surface area contributed by atoms with Crippen molar-refractivity contribution in [2.75, 3.05) is 13.2 Å². The van der Waals surface area contributed by atoms with Gasteiger partial charge in [0, 0.05) is 12.8 Å². The number of esters is 1. The van der Waals surface area contributed by atoms with Gasteiger partial charge in [-0.15, -0.1) is 0 Å². The summed E-state index contributed by atoms with van der Waals surface area (Å²) in [6.07, 6.45) is 73.0. The van der Waals surface area contributed by atoms with Gasteiger partial charge in [-0.05, 0) is 77.0 Å². The average Bonchev–Trinajstić information content (AvgIpc) is 3.34. The molecule has 6 heteroatoms. The van der Waals surface area contributed by atoms with Gasteiger partial charge in [-0.25, -0.2) is 0 Å². The van der Waals surface area contributed by atoms with Gasteiger partial charge in [0.15, 0.2) is 0 Å². The van der Waals surface area contributed by atoms with Crippen molar-refractivity contribution in [2.45, 2.75) is 321 Å². The maximum Gasteiger partial charge on any atom is 0.305 e. The zero-order chi connectivity index (χ0) is 49.3. The number of carbonyl (C=O) groups excluding carboxylic acids is 2. The van der Waals surface area contributed by atoms with E-state index >= 15 is 0 Å². The van der Waals surface area contributed by atoms with Gasteiger partial charge in [0.05, 0.1) is 25.4 Å². The Bertz CT molecular complexity index is 1150. The Balaban J connectivity index is 3.48. The number of hydrogen-bond donors (Lipinski definition) is 3. The molecule has 0 aromatic heterocycles. The van der Waals surface area contributed by atoms with E-state index in [2.05, 4.69) is 55.6 Å². The van der Waals surface area contributed by atoms with Crippen LogP contribution in [0.5, 0.6) is 0 Å². The third-order valence-electron chi connectivity index (χ3n) is 13.6. The highest BCUT2D eigenvalue weighted by molar-refractivity contribution is 5.76. The Kier molecular flexibility index (Phi) is 55.6. The first-order valence-corrected chi connectivity index (χ1v) is 29.9.